The fraction of sp³-hybridized carbons (Fsp3) is 0.600. The van der Waals surface area contributed by atoms with E-state index in [4.69, 9.17) is 5.11 Å². The van der Waals surface area contributed by atoms with E-state index >= 15 is 0 Å². The van der Waals surface area contributed by atoms with Crippen LogP contribution >= 0.6 is 0 Å². The predicted octanol–water partition coefficient (Wildman–Crippen LogP) is 1.85. The number of nitrogens with one attached hydrogen (secondary N) is 1. The first kappa shape index (κ1) is 16.6. The largest absolute Gasteiger partial charge is 0.478 e. The summed E-state index contributed by atoms with van der Waals surface area (Å²) in [6.07, 6.45) is 2.51. The summed E-state index contributed by atoms with van der Waals surface area (Å²) >= 11 is 0. The summed E-state index contributed by atoms with van der Waals surface area (Å²) < 4.78 is 0. The third-order valence-corrected chi connectivity index (χ3v) is 2.99. The zero-order valence-corrected chi connectivity index (χ0v) is 12.8. The minimum Gasteiger partial charge on any atom is -0.478 e. The fourth-order valence-electron chi connectivity index (χ4n) is 2.14. The van der Waals surface area contributed by atoms with Gasteiger partial charge in [0.1, 0.15) is 0 Å². The molecule has 20 heavy (non-hydrogen) atoms. The van der Waals surface area contributed by atoms with Crippen LogP contribution in [0.2, 0.25) is 0 Å². The number of carbonyl (C=O) groups is 1. The summed E-state index contributed by atoms with van der Waals surface area (Å²) in [4.78, 5) is 17.1. The fourth-order valence-corrected chi connectivity index (χ4v) is 2.14. The van der Waals surface area contributed by atoms with E-state index in [9.17, 15) is 4.79 Å². The van der Waals surface area contributed by atoms with Crippen molar-refractivity contribution in [3.8, 4) is 0 Å². The van der Waals surface area contributed by atoms with E-state index in [0.29, 0.717) is 18.5 Å². The lowest BCUT2D eigenvalue weighted by Crippen LogP contribution is -2.39. The molecule has 1 unspecified atom stereocenters. The van der Waals surface area contributed by atoms with Crippen molar-refractivity contribution in [3.63, 3.8) is 0 Å². The van der Waals surface area contributed by atoms with Gasteiger partial charge < -0.3 is 15.3 Å². The van der Waals surface area contributed by atoms with Gasteiger partial charge in [0.2, 0.25) is 0 Å². The van der Waals surface area contributed by atoms with Crippen LogP contribution in [0.5, 0.6) is 0 Å². The first-order valence-electron chi connectivity index (χ1n) is 6.94. The second-order valence-corrected chi connectivity index (χ2v) is 5.81. The van der Waals surface area contributed by atoms with Gasteiger partial charge in [0.25, 0.3) is 0 Å². The molecule has 1 atom stereocenters. The summed E-state index contributed by atoms with van der Waals surface area (Å²) in [7, 11) is 4.13. The average molecular weight is 279 g/mol. The van der Waals surface area contributed by atoms with Crippen molar-refractivity contribution >= 4 is 5.97 Å². The molecule has 0 amide bonds. The molecule has 5 nitrogen and oxygen atoms in total. The van der Waals surface area contributed by atoms with Gasteiger partial charge in [-0.1, -0.05) is 13.8 Å². The summed E-state index contributed by atoms with van der Waals surface area (Å²) in [5, 5.41) is 12.3. The number of rotatable bonds is 8. The van der Waals surface area contributed by atoms with E-state index in [1.54, 1.807) is 12.1 Å². The van der Waals surface area contributed by atoms with Crippen LogP contribution in [-0.4, -0.2) is 47.6 Å². The number of likely N-dealkylation sites (N-methyl/N-ethyl adjacent to an activating group) is 1. The Morgan fingerprint density at radius 3 is 2.55 bits per heavy atom. The first-order chi connectivity index (χ1) is 9.38. The zero-order chi connectivity index (χ0) is 15.1. The molecule has 0 aliphatic carbocycles. The van der Waals surface area contributed by atoms with Gasteiger partial charge in [0.05, 0.1) is 11.3 Å². The normalized spacial score (nSPS) is 12.9. The Kier molecular flexibility index (Phi) is 6.61. The zero-order valence-electron chi connectivity index (χ0n) is 12.8. The van der Waals surface area contributed by atoms with Crippen molar-refractivity contribution < 1.29 is 9.90 Å². The minimum absolute atomic E-state index is 0.223. The highest BCUT2D eigenvalue weighted by atomic mass is 16.4. The number of aromatic carboxylic acids is 1. The molecule has 0 saturated heterocycles. The maximum absolute atomic E-state index is 10.8. The molecule has 2 N–H and O–H groups in total. The van der Waals surface area contributed by atoms with E-state index < -0.39 is 5.97 Å². The van der Waals surface area contributed by atoms with Crippen molar-refractivity contribution in [2.24, 2.45) is 5.92 Å². The second-order valence-electron chi connectivity index (χ2n) is 5.81. The quantitative estimate of drug-likeness (QED) is 0.760. The van der Waals surface area contributed by atoms with Crippen molar-refractivity contribution in [2.75, 3.05) is 20.6 Å². The van der Waals surface area contributed by atoms with Crippen LogP contribution in [-0.2, 0) is 6.54 Å². The monoisotopic (exact) mass is 279 g/mol. The number of hydrogen-bond acceptors (Lipinski definition) is 4. The lowest BCUT2D eigenvalue weighted by molar-refractivity contribution is 0.0696. The number of nitrogens with zero attached hydrogens (tertiary/aromatic N) is 2. The molecule has 1 heterocycles. The molecule has 0 aliphatic rings. The van der Waals surface area contributed by atoms with Crippen molar-refractivity contribution in [1.29, 1.82) is 0 Å². The van der Waals surface area contributed by atoms with Gasteiger partial charge in [-0.15, -0.1) is 0 Å². The molecule has 1 rings (SSSR count). The summed E-state index contributed by atoms with van der Waals surface area (Å²) in [6.45, 7) is 6.06. The van der Waals surface area contributed by atoms with Crippen LogP contribution in [0.1, 0.15) is 36.3 Å². The molecule has 112 valence electrons. The molecule has 1 aromatic heterocycles. The van der Waals surface area contributed by atoms with E-state index in [2.05, 4.69) is 43.1 Å². The lowest BCUT2D eigenvalue weighted by Gasteiger charge is -2.24. The van der Waals surface area contributed by atoms with E-state index in [1.807, 2.05) is 0 Å². The highest BCUT2D eigenvalue weighted by Gasteiger charge is 2.12. The Morgan fingerprint density at radius 2 is 2.10 bits per heavy atom. The van der Waals surface area contributed by atoms with Crippen LogP contribution in [0.15, 0.2) is 18.3 Å². The van der Waals surface area contributed by atoms with Gasteiger partial charge in [-0.2, -0.15) is 0 Å². The Labute approximate surface area is 121 Å². The van der Waals surface area contributed by atoms with Crippen LogP contribution in [0.4, 0.5) is 0 Å². The van der Waals surface area contributed by atoms with Gasteiger partial charge >= 0.3 is 5.97 Å². The van der Waals surface area contributed by atoms with Crippen molar-refractivity contribution in [2.45, 2.75) is 32.9 Å². The molecular weight excluding hydrogens is 254 g/mol. The molecule has 0 fully saturated rings. The molecule has 1 aromatic rings. The standard InChI is InChI=1S/C15H25N3O2/c1-11(2)7-14(10-18(3)4)17-9-13-6-5-12(8-16-13)15(19)20/h5-6,8,11,14,17H,7,9-10H2,1-4H3,(H,19,20). The maximum Gasteiger partial charge on any atom is 0.337 e. The third kappa shape index (κ3) is 6.12. The second kappa shape index (κ2) is 7.97. The Morgan fingerprint density at radius 1 is 1.40 bits per heavy atom. The van der Waals surface area contributed by atoms with Crippen LogP contribution in [0.3, 0.4) is 0 Å². The molecular formula is C15H25N3O2. The topological polar surface area (TPSA) is 65.5 Å². The lowest BCUT2D eigenvalue weighted by atomic mass is 10.0. The van der Waals surface area contributed by atoms with Gasteiger partial charge in [0, 0.05) is 25.3 Å². The molecule has 5 heteroatoms. The molecule has 0 aliphatic heterocycles. The molecule has 0 saturated carbocycles. The average Bonchev–Trinajstić information content (AvgIpc) is 2.35. The minimum atomic E-state index is -0.942. The summed E-state index contributed by atoms with van der Waals surface area (Å²) in [6, 6.07) is 3.76. The summed E-state index contributed by atoms with van der Waals surface area (Å²) in [5.74, 6) is -0.308. The van der Waals surface area contributed by atoms with Gasteiger partial charge in [-0.25, -0.2) is 4.79 Å². The molecule has 0 bridgehead atoms. The van der Waals surface area contributed by atoms with Crippen molar-refractivity contribution in [1.82, 2.24) is 15.2 Å². The Hall–Kier alpha value is -1.46. The van der Waals surface area contributed by atoms with Gasteiger partial charge in [-0.3, -0.25) is 4.98 Å². The highest BCUT2D eigenvalue weighted by Crippen LogP contribution is 2.07. The smallest absolute Gasteiger partial charge is 0.337 e. The SMILES string of the molecule is CC(C)CC(CN(C)C)NCc1ccc(C(=O)O)cn1. The predicted molar refractivity (Wildman–Crippen MR) is 79.8 cm³/mol. The Balaban J connectivity index is 2.55. The Bertz CT molecular complexity index is 406. The van der Waals surface area contributed by atoms with Crippen LogP contribution in [0.25, 0.3) is 0 Å². The maximum atomic E-state index is 10.8. The number of hydrogen-bond donors (Lipinski definition) is 2. The molecule has 0 spiro atoms. The number of aromatic nitrogens is 1. The number of pyridine rings is 1. The van der Waals surface area contributed by atoms with Gasteiger partial charge in [0.15, 0.2) is 0 Å². The van der Waals surface area contributed by atoms with Crippen LogP contribution < -0.4 is 5.32 Å². The first-order valence-corrected chi connectivity index (χ1v) is 6.94. The van der Waals surface area contributed by atoms with E-state index in [0.717, 1.165) is 18.7 Å². The molecule has 0 radical (unpaired) electrons. The van der Waals surface area contributed by atoms with Crippen molar-refractivity contribution in [3.05, 3.63) is 29.6 Å². The van der Waals surface area contributed by atoms with Gasteiger partial charge in [-0.05, 0) is 38.6 Å². The number of carboxylic acid groups (broad SMARTS) is 1. The molecule has 0 aromatic carbocycles. The highest BCUT2D eigenvalue weighted by molar-refractivity contribution is 5.87. The summed E-state index contributed by atoms with van der Waals surface area (Å²) in [5.41, 5.74) is 1.09. The van der Waals surface area contributed by atoms with E-state index in [-0.39, 0.29) is 5.56 Å². The van der Waals surface area contributed by atoms with E-state index in [1.165, 1.54) is 6.20 Å². The number of carboxylic acids is 1. The van der Waals surface area contributed by atoms with Crippen LogP contribution in [0, 0.1) is 5.92 Å². The third-order valence-electron chi connectivity index (χ3n) is 2.99.